The number of nitrogens with zero attached hydrogens (tertiary/aromatic N) is 7. The van der Waals surface area contributed by atoms with Gasteiger partial charge in [0.1, 0.15) is 12.4 Å². The number of benzene rings is 1. The molecule has 0 saturated carbocycles. The summed E-state index contributed by atoms with van der Waals surface area (Å²) in [6.45, 7) is 0.498. The molecule has 0 unspecified atom stereocenters. The van der Waals surface area contributed by atoms with Crippen LogP contribution in [0.3, 0.4) is 0 Å². The molecule has 0 amide bonds. The Balaban J connectivity index is 1.52. The summed E-state index contributed by atoms with van der Waals surface area (Å²) in [7, 11) is 0. The topological polar surface area (TPSA) is 91.5 Å². The monoisotopic (exact) mass is 315 g/mol. The largest absolute Gasteiger partial charge is 0.370 e. The van der Waals surface area contributed by atoms with Crippen molar-refractivity contribution in [1.82, 2.24) is 35.4 Å². The van der Waals surface area contributed by atoms with Gasteiger partial charge in [-0.25, -0.2) is 9.07 Å². The highest BCUT2D eigenvalue weighted by Crippen LogP contribution is 2.14. The van der Waals surface area contributed by atoms with Gasteiger partial charge in [0.15, 0.2) is 6.33 Å². The second kappa shape index (κ2) is 7.45. The first-order valence-corrected chi connectivity index (χ1v) is 6.97. The highest BCUT2D eigenvalue weighted by atomic mass is 19.1. The Hall–Kier alpha value is -2.81. The number of alkyl halides is 1. The summed E-state index contributed by atoms with van der Waals surface area (Å²) in [4.78, 5) is 0. The van der Waals surface area contributed by atoms with E-state index in [-0.39, 0.29) is 6.54 Å². The Morgan fingerprint density at radius 1 is 1.00 bits per heavy atom. The number of aryl methyl sites for hydroxylation is 1. The Morgan fingerprint density at radius 2 is 1.78 bits per heavy atom. The van der Waals surface area contributed by atoms with Crippen LogP contribution < -0.4 is 0 Å². The van der Waals surface area contributed by atoms with E-state index in [0.29, 0.717) is 24.7 Å². The smallest absolute Gasteiger partial charge is 0.203 e. The van der Waals surface area contributed by atoms with Crippen molar-refractivity contribution in [2.24, 2.45) is 0 Å². The minimum Gasteiger partial charge on any atom is -0.370 e. The molecular formula is C14H14FN7O. The van der Waals surface area contributed by atoms with Crippen molar-refractivity contribution in [2.75, 3.05) is 6.67 Å². The van der Waals surface area contributed by atoms with Gasteiger partial charge in [0.2, 0.25) is 5.82 Å². The lowest BCUT2D eigenvalue weighted by molar-refractivity contribution is 0.104. The maximum Gasteiger partial charge on any atom is 0.203 e. The molecule has 0 bridgehead atoms. The first-order valence-electron chi connectivity index (χ1n) is 6.97. The van der Waals surface area contributed by atoms with Crippen molar-refractivity contribution in [3.05, 3.63) is 48.0 Å². The van der Waals surface area contributed by atoms with Crippen molar-refractivity contribution in [2.45, 2.75) is 19.8 Å². The van der Waals surface area contributed by atoms with E-state index in [9.17, 15) is 4.39 Å². The second-order valence-electron chi connectivity index (χ2n) is 4.72. The highest BCUT2D eigenvalue weighted by molar-refractivity contribution is 5.53. The molecule has 2 aromatic heterocycles. The third-order valence-corrected chi connectivity index (χ3v) is 3.04. The molecule has 8 nitrogen and oxygen atoms in total. The number of hydrogen-bond acceptors (Lipinski definition) is 7. The van der Waals surface area contributed by atoms with Gasteiger partial charge in [-0.3, -0.25) is 0 Å². The minimum absolute atomic E-state index is 0.208. The summed E-state index contributed by atoms with van der Waals surface area (Å²) in [6, 6.07) is 7.61. The van der Waals surface area contributed by atoms with E-state index in [0.717, 1.165) is 11.1 Å². The van der Waals surface area contributed by atoms with Gasteiger partial charge in [0.25, 0.3) is 0 Å². The van der Waals surface area contributed by atoms with Crippen molar-refractivity contribution in [1.29, 1.82) is 0 Å². The molecule has 0 N–H and O–H groups in total. The molecular weight excluding hydrogens is 301 g/mol. The molecule has 0 aliphatic rings. The van der Waals surface area contributed by atoms with Gasteiger partial charge in [0, 0.05) is 5.56 Å². The van der Waals surface area contributed by atoms with Crippen molar-refractivity contribution in [3.63, 3.8) is 0 Å². The van der Waals surface area contributed by atoms with Crippen LogP contribution in [0.5, 0.6) is 0 Å². The molecule has 0 radical (unpaired) electrons. The number of rotatable bonds is 7. The fraction of sp³-hybridized carbons (Fsp3) is 0.286. The summed E-state index contributed by atoms with van der Waals surface area (Å²) in [6.07, 6.45) is 2.96. The average molecular weight is 315 g/mol. The van der Waals surface area contributed by atoms with E-state index >= 15 is 0 Å². The zero-order chi connectivity index (χ0) is 15.9. The van der Waals surface area contributed by atoms with Crippen LogP contribution in [-0.2, 0) is 24.5 Å². The third kappa shape index (κ3) is 4.10. The molecule has 2 heterocycles. The number of aromatic nitrogens is 7. The van der Waals surface area contributed by atoms with Gasteiger partial charge in [0.05, 0.1) is 26.0 Å². The Labute approximate surface area is 131 Å². The zero-order valence-corrected chi connectivity index (χ0v) is 12.2. The van der Waals surface area contributed by atoms with Crippen LogP contribution in [0.4, 0.5) is 4.39 Å². The summed E-state index contributed by atoms with van der Waals surface area (Å²) < 4.78 is 19.2. The molecule has 3 rings (SSSR count). The summed E-state index contributed by atoms with van der Waals surface area (Å²) in [5, 5.41) is 22.9. The maximum atomic E-state index is 12.2. The molecule has 9 heteroatoms. The van der Waals surface area contributed by atoms with Crippen LogP contribution in [-0.4, -0.2) is 42.1 Å². The Morgan fingerprint density at radius 3 is 2.52 bits per heavy atom. The van der Waals surface area contributed by atoms with E-state index in [2.05, 4.69) is 30.7 Å². The maximum absolute atomic E-state index is 12.2. The summed E-state index contributed by atoms with van der Waals surface area (Å²) >= 11 is 0. The molecule has 0 aliphatic heterocycles. The van der Waals surface area contributed by atoms with Gasteiger partial charge in [-0.05, 0) is 5.56 Å². The van der Waals surface area contributed by atoms with Crippen LogP contribution in [0.2, 0.25) is 0 Å². The average Bonchev–Trinajstić information content (AvgIpc) is 3.04. The molecule has 0 atom stereocenters. The number of halogens is 1. The van der Waals surface area contributed by atoms with Crippen LogP contribution >= 0.6 is 0 Å². The third-order valence-electron chi connectivity index (χ3n) is 3.04. The van der Waals surface area contributed by atoms with E-state index in [1.807, 2.05) is 24.3 Å². The molecule has 0 saturated heterocycles. The molecule has 1 aromatic carbocycles. The number of hydrogen-bond donors (Lipinski definition) is 0. The summed E-state index contributed by atoms with van der Waals surface area (Å²) in [5.41, 5.74) is 2.51. The highest BCUT2D eigenvalue weighted by Gasteiger charge is 2.03. The Kier molecular flexibility index (Phi) is 4.89. The van der Waals surface area contributed by atoms with Crippen molar-refractivity contribution >= 4 is 0 Å². The second-order valence-corrected chi connectivity index (χ2v) is 4.72. The molecule has 3 aromatic rings. The van der Waals surface area contributed by atoms with Gasteiger partial charge in [-0.1, -0.05) is 29.5 Å². The van der Waals surface area contributed by atoms with Crippen molar-refractivity contribution in [3.8, 4) is 11.4 Å². The quantitative estimate of drug-likeness (QED) is 0.647. The van der Waals surface area contributed by atoms with Gasteiger partial charge < -0.3 is 4.74 Å². The first kappa shape index (κ1) is 15.1. The number of ether oxygens (including phenoxy) is 1. The summed E-state index contributed by atoms with van der Waals surface area (Å²) in [5.74, 6) is 0.476. The SMILES string of the molecule is FCCn1cc(COCc2ccc(-c3nncnn3)cc2)nn1. The van der Waals surface area contributed by atoms with E-state index < -0.39 is 6.67 Å². The first-order chi connectivity index (χ1) is 11.3. The van der Waals surface area contributed by atoms with E-state index in [1.165, 1.54) is 11.0 Å². The van der Waals surface area contributed by atoms with Gasteiger partial charge >= 0.3 is 0 Å². The predicted octanol–water partition coefficient (Wildman–Crippen LogP) is 1.21. The Bertz CT molecular complexity index is 732. The van der Waals surface area contributed by atoms with Crippen LogP contribution in [0.15, 0.2) is 36.8 Å². The van der Waals surface area contributed by atoms with Crippen LogP contribution in [0, 0.1) is 0 Å². The van der Waals surface area contributed by atoms with Crippen LogP contribution in [0.25, 0.3) is 11.4 Å². The lowest BCUT2D eigenvalue weighted by Crippen LogP contribution is -1.99. The zero-order valence-electron chi connectivity index (χ0n) is 12.2. The van der Waals surface area contributed by atoms with Gasteiger partial charge in [-0.15, -0.1) is 25.5 Å². The fourth-order valence-corrected chi connectivity index (χ4v) is 1.94. The normalized spacial score (nSPS) is 10.8. The van der Waals surface area contributed by atoms with E-state index in [1.54, 1.807) is 6.20 Å². The molecule has 0 spiro atoms. The van der Waals surface area contributed by atoms with Crippen molar-refractivity contribution < 1.29 is 9.13 Å². The molecule has 0 aliphatic carbocycles. The fourth-order valence-electron chi connectivity index (χ4n) is 1.94. The van der Waals surface area contributed by atoms with Gasteiger partial charge in [-0.2, -0.15) is 0 Å². The minimum atomic E-state index is -0.466. The van der Waals surface area contributed by atoms with Crippen LogP contribution in [0.1, 0.15) is 11.3 Å². The standard InChI is InChI=1S/C14H14FN7O/c15-5-6-22-7-13(18-21-22)9-23-8-11-1-3-12(4-2-11)14-19-16-10-17-20-14/h1-4,7,10H,5-6,8-9H2. The van der Waals surface area contributed by atoms with E-state index in [4.69, 9.17) is 4.74 Å². The lowest BCUT2D eigenvalue weighted by atomic mass is 10.1. The molecule has 23 heavy (non-hydrogen) atoms. The molecule has 0 fully saturated rings. The molecule has 118 valence electrons. The predicted molar refractivity (Wildman–Crippen MR) is 77.5 cm³/mol. The lowest BCUT2D eigenvalue weighted by Gasteiger charge is -2.03.